The van der Waals surface area contributed by atoms with E-state index in [1.54, 1.807) is 34.5 Å². The van der Waals surface area contributed by atoms with Gasteiger partial charge in [-0.15, -0.1) is 6.58 Å². The molecule has 3 rings (SSSR count). The Hall–Kier alpha value is -2.47. The smallest absolute Gasteiger partial charge is 0.203 e. The average molecular weight is 388 g/mol. The fraction of sp³-hybridized carbons (Fsp3) is 0.500. The first-order valence-corrected chi connectivity index (χ1v) is 9.32. The number of rotatable bonds is 7. The molecule has 0 N–H and O–H groups in total. The highest BCUT2D eigenvalue weighted by Gasteiger charge is 2.55. The molecule has 1 aromatic rings. The largest absolute Gasteiger partial charge is 0.493 e. The lowest BCUT2D eigenvalue weighted by atomic mass is 9.65. The van der Waals surface area contributed by atoms with Gasteiger partial charge in [0.25, 0.3) is 0 Å². The fourth-order valence-electron chi connectivity index (χ4n) is 4.44. The van der Waals surface area contributed by atoms with Gasteiger partial charge < -0.3 is 23.7 Å². The van der Waals surface area contributed by atoms with Crippen LogP contribution in [0.4, 0.5) is 0 Å². The number of allylic oxidation sites excluding steroid dienone is 2. The second-order valence-electron chi connectivity index (χ2n) is 7.27. The minimum absolute atomic E-state index is 0.0603. The molecule has 2 aliphatic rings. The van der Waals surface area contributed by atoms with Crippen molar-refractivity contribution in [1.82, 2.24) is 0 Å². The number of fused-ring (bicyclic) bond motifs is 1. The zero-order valence-corrected chi connectivity index (χ0v) is 17.1. The number of ketones is 1. The predicted octanol–water partition coefficient (Wildman–Crippen LogP) is 3.85. The maximum absolute atomic E-state index is 12.4. The molecule has 0 saturated carbocycles. The lowest BCUT2D eigenvalue weighted by Gasteiger charge is -2.37. The molecule has 1 aliphatic heterocycles. The first-order valence-electron chi connectivity index (χ1n) is 9.32. The number of carbonyl (C=O) groups is 1. The van der Waals surface area contributed by atoms with E-state index in [2.05, 4.69) is 13.5 Å². The highest BCUT2D eigenvalue weighted by molar-refractivity contribution is 5.95. The quantitative estimate of drug-likeness (QED) is 0.661. The summed E-state index contributed by atoms with van der Waals surface area (Å²) in [5.74, 6) is 2.41. The van der Waals surface area contributed by atoms with E-state index in [9.17, 15) is 4.79 Å². The van der Waals surface area contributed by atoms with Crippen molar-refractivity contribution in [2.45, 2.75) is 32.0 Å². The second-order valence-corrected chi connectivity index (χ2v) is 7.27. The van der Waals surface area contributed by atoms with Crippen LogP contribution in [0.3, 0.4) is 0 Å². The standard InChI is InChI=1S/C22H28O6/c1-7-8-22-12-18(26-5)15(23)11-19(22)28-20(13(22)2)14-9-16(24-3)21(27-6)17(10-14)25-4/h7,9-11,13,18,20H,1,8,12H2,2-6H3/t13-,18+,20+,22+/m0/s1. The number of benzene rings is 1. The molecule has 0 spiro atoms. The highest BCUT2D eigenvalue weighted by atomic mass is 16.5. The van der Waals surface area contributed by atoms with Crippen LogP contribution >= 0.6 is 0 Å². The van der Waals surface area contributed by atoms with E-state index in [0.29, 0.717) is 35.8 Å². The summed E-state index contributed by atoms with van der Waals surface area (Å²) in [6.45, 7) is 6.06. The Bertz CT molecular complexity index is 773. The monoisotopic (exact) mass is 388 g/mol. The molecule has 0 bridgehead atoms. The topological polar surface area (TPSA) is 63.2 Å². The van der Waals surface area contributed by atoms with Crippen LogP contribution < -0.4 is 14.2 Å². The van der Waals surface area contributed by atoms with E-state index in [0.717, 1.165) is 5.56 Å². The molecule has 1 heterocycles. The SMILES string of the molecule is C=CC[C@]12C[C@@H](OC)C(=O)C=C1O[C@@H](c1cc(OC)c(OC)c(OC)c1)[C@@H]2C. The Morgan fingerprint density at radius 1 is 1.18 bits per heavy atom. The zero-order chi connectivity index (χ0) is 20.5. The Morgan fingerprint density at radius 3 is 2.32 bits per heavy atom. The summed E-state index contributed by atoms with van der Waals surface area (Å²) < 4.78 is 28.2. The van der Waals surface area contributed by atoms with Gasteiger partial charge in [0.15, 0.2) is 17.3 Å². The minimum atomic E-state index is -0.464. The van der Waals surface area contributed by atoms with Crippen molar-refractivity contribution in [3.63, 3.8) is 0 Å². The van der Waals surface area contributed by atoms with Gasteiger partial charge in [-0.1, -0.05) is 13.0 Å². The van der Waals surface area contributed by atoms with Gasteiger partial charge in [-0.25, -0.2) is 0 Å². The van der Waals surface area contributed by atoms with Crippen LogP contribution in [0.2, 0.25) is 0 Å². The maximum atomic E-state index is 12.4. The minimum Gasteiger partial charge on any atom is -0.493 e. The number of hydrogen-bond donors (Lipinski definition) is 0. The molecule has 0 aromatic heterocycles. The molecule has 0 amide bonds. The van der Waals surface area contributed by atoms with Gasteiger partial charge in [-0.05, 0) is 25.0 Å². The van der Waals surface area contributed by atoms with E-state index in [-0.39, 0.29) is 23.2 Å². The number of ether oxygens (including phenoxy) is 5. The molecule has 6 nitrogen and oxygen atoms in total. The van der Waals surface area contributed by atoms with Crippen LogP contribution in [0.1, 0.15) is 31.4 Å². The van der Waals surface area contributed by atoms with Crippen LogP contribution in [0.25, 0.3) is 0 Å². The van der Waals surface area contributed by atoms with Crippen LogP contribution in [-0.2, 0) is 14.3 Å². The van der Waals surface area contributed by atoms with Crippen molar-refractivity contribution in [1.29, 1.82) is 0 Å². The maximum Gasteiger partial charge on any atom is 0.203 e. The van der Waals surface area contributed by atoms with Crippen molar-refractivity contribution in [2.75, 3.05) is 28.4 Å². The molecule has 0 radical (unpaired) electrons. The third-order valence-electron chi connectivity index (χ3n) is 6.02. The molecule has 152 valence electrons. The second kappa shape index (κ2) is 7.87. The normalized spacial score (nSPS) is 28.8. The molecule has 1 aromatic carbocycles. The third kappa shape index (κ3) is 3.05. The van der Waals surface area contributed by atoms with Crippen molar-refractivity contribution >= 4 is 5.78 Å². The summed E-state index contributed by atoms with van der Waals surface area (Å²) in [5.41, 5.74) is 0.573. The molecular formula is C22H28O6. The molecule has 0 unspecified atom stereocenters. The van der Waals surface area contributed by atoms with Gasteiger partial charge in [0.2, 0.25) is 5.75 Å². The van der Waals surface area contributed by atoms with E-state index >= 15 is 0 Å². The molecule has 28 heavy (non-hydrogen) atoms. The van der Waals surface area contributed by atoms with Crippen LogP contribution in [0, 0.1) is 11.3 Å². The predicted molar refractivity (Wildman–Crippen MR) is 105 cm³/mol. The lowest BCUT2D eigenvalue weighted by Crippen LogP contribution is -2.39. The Kier molecular flexibility index (Phi) is 5.70. The van der Waals surface area contributed by atoms with E-state index in [1.807, 2.05) is 18.2 Å². The molecule has 1 saturated heterocycles. The first kappa shape index (κ1) is 20.3. The molecule has 1 fully saturated rings. The average Bonchev–Trinajstić information content (AvgIpc) is 2.98. The van der Waals surface area contributed by atoms with Crippen molar-refractivity contribution in [2.24, 2.45) is 11.3 Å². The molecule has 1 aliphatic carbocycles. The third-order valence-corrected chi connectivity index (χ3v) is 6.02. The van der Waals surface area contributed by atoms with Crippen LogP contribution in [-0.4, -0.2) is 40.3 Å². The number of hydrogen-bond acceptors (Lipinski definition) is 6. The fourth-order valence-corrected chi connectivity index (χ4v) is 4.44. The highest BCUT2D eigenvalue weighted by Crippen LogP contribution is 2.59. The Balaban J connectivity index is 2.07. The number of carbonyl (C=O) groups excluding carboxylic acids is 1. The lowest BCUT2D eigenvalue weighted by molar-refractivity contribution is -0.127. The van der Waals surface area contributed by atoms with Crippen molar-refractivity contribution in [3.8, 4) is 17.2 Å². The summed E-state index contributed by atoms with van der Waals surface area (Å²) in [5, 5.41) is 0. The van der Waals surface area contributed by atoms with Crippen molar-refractivity contribution < 1.29 is 28.5 Å². The van der Waals surface area contributed by atoms with Crippen LogP contribution in [0.5, 0.6) is 17.2 Å². The molecule has 6 heteroatoms. The summed E-state index contributed by atoms with van der Waals surface area (Å²) in [7, 11) is 6.32. The summed E-state index contributed by atoms with van der Waals surface area (Å²) >= 11 is 0. The Morgan fingerprint density at radius 2 is 1.82 bits per heavy atom. The van der Waals surface area contributed by atoms with Gasteiger partial charge in [-0.3, -0.25) is 4.79 Å². The van der Waals surface area contributed by atoms with E-state index < -0.39 is 6.10 Å². The van der Waals surface area contributed by atoms with Gasteiger partial charge >= 0.3 is 0 Å². The summed E-state index contributed by atoms with van der Waals surface area (Å²) in [6, 6.07) is 3.80. The summed E-state index contributed by atoms with van der Waals surface area (Å²) in [6.07, 6.45) is 4.02. The Labute approximate surface area is 166 Å². The van der Waals surface area contributed by atoms with E-state index in [1.165, 1.54) is 0 Å². The van der Waals surface area contributed by atoms with Gasteiger partial charge in [0.05, 0.1) is 21.3 Å². The number of methoxy groups -OCH3 is 4. The molecule has 4 atom stereocenters. The summed E-state index contributed by atoms with van der Waals surface area (Å²) in [4.78, 5) is 12.4. The van der Waals surface area contributed by atoms with Gasteiger partial charge in [-0.2, -0.15) is 0 Å². The molecular weight excluding hydrogens is 360 g/mol. The van der Waals surface area contributed by atoms with Gasteiger partial charge in [0, 0.05) is 30.1 Å². The first-order chi connectivity index (χ1) is 13.4. The van der Waals surface area contributed by atoms with Crippen LogP contribution in [0.15, 0.2) is 36.6 Å². The van der Waals surface area contributed by atoms with Gasteiger partial charge in [0.1, 0.15) is 18.0 Å². The van der Waals surface area contributed by atoms with E-state index in [4.69, 9.17) is 23.7 Å². The van der Waals surface area contributed by atoms with Crippen molar-refractivity contribution in [3.05, 3.63) is 42.2 Å². The zero-order valence-electron chi connectivity index (χ0n) is 17.1.